The number of hydrogen-bond acceptors (Lipinski definition) is 5. The van der Waals surface area contributed by atoms with Crippen molar-refractivity contribution in [2.75, 3.05) is 19.7 Å². The normalized spacial score (nSPS) is 19.1. The fourth-order valence-corrected chi connectivity index (χ4v) is 3.99. The Bertz CT molecular complexity index is 943. The summed E-state index contributed by atoms with van der Waals surface area (Å²) in [6.45, 7) is 2.78. The standard InChI is InChI=1S/C20H18IN3O4/c1-12-7-8-15(21)17(22-12)20(27)23-9-4-10-28-16(23)11-24-18(25)13-5-2-3-6-14(13)19(24)26/h2-3,5-8,16H,4,9-11H2,1H3. The van der Waals surface area contributed by atoms with Crippen LogP contribution in [-0.2, 0) is 4.74 Å². The second-order valence-electron chi connectivity index (χ2n) is 6.73. The summed E-state index contributed by atoms with van der Waals surface area (Å²) in [4.78, 5) is 45.5. The van der Waals surface area contributed by atoms with Crippen molar-refractivity contribution in [1.29, 1.82) is 0 Å². The smallest absolute Gasteiger partial charge is 0.275 e. The lowest BCUT2D eigenvalue weighted by Gasteiger charge is -2.37. The molecule has 1 aromatic heterocycles. The van der Waals surface area contributed by atoms with E-state index >= 15 is 0 Å². The van der Waals surface area contributed by atoms with Crippen molar-refractivity contribution in [3.05, 3.63) is 62.5 Å². The monoisotopic (exact) mass is 491 g/mol. The van der Waals surface area contributed by atoms with Crippen LogP contribution >= 0.6 is 22.6 Å². The fourth-order valence-electron chi connectivity index (χ4n) is 3.46. The van der Waals surface area contributed by atoms with Gasteiger partial charge in [-0.15, -0.1) is 0 Å². The van der Waals surface area contributed by atoms with E-state index in [9.17, 15) is 14.4 Å². The van der Waals surface area contributed by atoms with E-state index in [0.717, 1.165) is 14.2 Å². The molecule has 4 rings (SSSR count). The van der Waals surface area contributed by atoms with Crippen LogP contribution < -0.4 is 0 Å². The molecule has 0 saturated carbocycles. The van der Waals surface area contributed by atoms with Gasteiger partial charge in [-0.25, -0.2) is 4.98 Å². The number of fused-ring (bicyclic) bond motifs is 1. The molecule has 2 aromatic rings. The Morgan fingerprint density at radius 3 is 2.54 bits per heavy atom. The highest BCUT2D eigenvalue weighted by atomic mass is 127. The van der Waals surface area contributed by atoms with Gasteiger partial charge in [0.05, 0.1) is 24.3 Å². The SMILES string of the molecule is Cc1ccc(I)c(C(=O)N2CCCOC2CN2C(=O)c3ccccc3C2=O)n1. The van der Waals surface area contributed by atoms with Crippen molar-refractivity contribution >= 4 is 40.3 Å². The molecule has 3 amide bonds. The van der Waals surface area contributed by atoms with Crippen LogP contribution in [0.15, 0.2) is 36.4 Å². The molecule has 1 aromatic carbocycles. The van der Waals surface area contributed by atoms with Gasteiger partial charge in [-0.1, -0.05) is 12.1 Å². The van der Waals surface area contributed by atoms with Gasteiger partial charge in [0.25, 0.3) is 17.7 Å². The number of amides is 3. The van der Waals surface area contributed by atoms with Crippen LogP contribution in [0.3, 0.4) is 0 Å². The van der Waals surface area contributed by atoms with Crippen LogP contribution in [0.25, 0.3) is 0 Å². The Labute approximate surface area is 175 Å². The summed E-state index contributed by atoms with van der Waals surface area (Å²) in [6, 6.07) is 10.4. The quantitative estimate of drug-likeness (QED) is 0.487. The first-order valence-electron chi connectivity index (χ1n) is 8.98. The molecule has 0 spiro atoms. The van der Waals surface area contributed by atoms with Gasteiger partial charge < -0.3 is 9.64 Å². The lowest BCUT2D eigenvalue weighted by Crippen LogP contribution is -2.53. The molecule has 144 valence electrons. The predicted octanol–water partition coefficient (Wildman–Crippen LogP) is 2.48. The number of ether oxygens (including phenoxy) is 1. The average Bonchev–Trinajstić information content (AvgIpc) is 2.95. The molecule has 1 fully saturated rings. The number of nitrogens with zero attached hydrogens (tertiary/aromatic N) is 3. The van der Waals surface area contributed by atoms with Crippen LogP contribution in [-0.4, -0.2) is 58.4 Å². The largest absolute Gasteiger partial charge is 0.356 e. The Kier molecular flexibility index (Phi) is 5.15. The summed E-state index contributed by atoms with van der Waals surface area (Å²) in [5.74, 6) is -0.967. The van der Waals surface area contributed by atoms with E-state index in [2.05, 4.69) is 27.6 Å². The molecule has 1 atom stereocenters. The third-order valence-corrected chi connectivity index (χ3v) is 5.74. The third kappa shape index (κ3) is 3.30. The zero-order valence-corrected chi connectivity index (χ0v) is 17.4. The van der Waals surface area contributed by atoms with Crippen molar-refractivity contribution in [2.45, 2.75) is 19.6 Å². The number of halogens is 1. The van der Waals surface area contributed by atoms with Gasteiger partial charge in [0.1, 0.15) is 5.69 Å². The van der Waals surface area contributed by atoms with Crippen LogP contribution in [0, 0.1) is 10.5 Å². The highest BCUT2D eigenvalue weighted by Gasteiger charge is 2.39. The number of carbonyl (C=O) groups is 3. The summed E-state index contributed by atoms with van der Waals surface area (Å²) < 4.78 is 6.54. The molecule has 0 N–H and O–H groups in total. The van der Waals surface area contributed by atoms with Gasteiger partial charge in [0.2, 0.25) is 0 Å². The molecule has 0 radical (unpaired) electrons. The van der Waals surface area contributed by atoms with Gasteiger partial charge in [-0.3, -0.25) is 19.3 Å². The van der Waals surface area contributed by atoms with Crippen LogP contribution in [0.2, 0.25) is 0 Å². The molecule has 7 nitrogen and oxygen atoms in total. The van der Waals surface area contributed by atoms with Gasteiger partial charge in [-0.2, -0.15) is 0 Å². The van der Waals surface area contributed by atoms with Gasteiger partial charge >= 0.3 is 0 Å². The Hall–Kier alpha value is -2.33. The van der Waals surface area contributed by atoms with Crippen LogP contribution in [0.4, 0.5) is 0 Å². The second kappa shape index (κ2) is 7.59. The number of rotatable bonds is 3. The Morgan fingerprint density at radius 1 is 1.18 bits per heavy atom. The van der Waals surface area contributed by atoms with E-state index in [1.807, 2.05) is 19.1 Å². The lowest BCUT2D eigenvalue weighted by atomic mass is 10.1. The first-order valence-corrected chi connectivity index (χ1v) is 10.1. The molecular formula is C20H18IN3O4. The maximum atomic E-state index is 13.1. The fraction of sp³-hybridized carbons (Fsp3) is 0.300. The van der Waals surface area contributed by atoms with Crippen molar-refractivity contribution in [3.8, 4) is 0 Å². The van der Waals surface area contributed by atoms with E-state index in [0.29, 0.717) is 36.4 Å². The maximum absolute atomic E-state index is 13.1. The molecule has 2 aliphatic rings. The van der Waals surface area contributed by atoms with Crippen molar-refractivity contribution in [3.63, 3.8) is 0 Å². The number of aryl methyl sites for hydroxylation is 1. The molecule has 0 aliphatic carbocycles. The van der Waals surface area contributed by atoms with E-state index in [-0.39, 0.29) is 24.3 Å². The zero-order valence-electron chi connectivity index (χ0n) is 15.2. The van der Waals surface area contributed by atoms with E-state index < -0.39 is 6.23 Å². The number of aromatic nitrogens is 1. The minimum Gasteiger partial charge on any atom is -0.356 e. The Balaban J connectivity index is 1.59. The highest BCUT2D eigenvalue weighted by Crippen LogP contribution is 2.25. The molecule has 1 unspecified atom stereocenters. The zero-order chi connectivity index (χ0) is 19.8. The molecule has 2 aliphatic heterocycles. The minimum atomic E-state index is -0.693. The first kappa shape index (κ1) is 19.0. The van der Waals surface area contributed by atoms with Crippen LogP contribution in [0.5, 0.6) is 0 Å². The van der Waals surface area contributed by atoms with Crippen molar-refractivity contribution in [1.82, 2.24) is 14.8 Å². The number of benzene rings is 1. The second-order valence-corrected chi connectivity index (χ2v) is 7.89. The molecule has 0 bridgehead atoms. The highest BCUT2D eigenvalue weighted by molar-refractivity contribution is 14.1. The summed E-state index contributed by atoms with van der Waals surface area (Å²) in [7, 11) is 0. The minimum absolute atomic E-state index is 0.000478. The molecule has 1 saturated heterocycles. The number of carbonyl (C=O) groups excluding carboxylic acids is 3. The lowest BCUT2D eigenvalue weighted by molar-refractivity contribution is -0.0839. The molecule has 3 heterocycles. The third-order valence-electron chi connectivity index (χ3n) is 4.87. The van der Waals surface area contributed by atoms with Gasteiger partial charge in [0, 0.05) is 15.8 Å². The van der Waals surface area contributed by atoms with Crippen molar-refractivity contribution < 1.29 is 19.1 Å². The van der Waals surface area contributed by atoms with Crippen molar-refractivity contribution in [2.24, 2.45) is 0 Å². The molecular weight excluding hydrogens is 473 g/mol. The topological polar surface area (TPSA) is 79.8 Å². The molecule has 8 heteroatoms. The maximum Gasteiger partial charge on any atom is 0.275 e. The summed E-state index contributed by atoms with van der Waals surface area (Å²) in [5, 5.41) is 0. The predicted molar refractivity (Wildman–Crippen MR) is 109 cm³/mol. The summed E-state index contributed by atoms with van der Waals surface area (Å²) in [5.41, 5.74) is 1.88. The summed E-state index contributed by atoms with van der Waals surface area (Å²) >= 11 is 2.08. The summed E-state index contributed by atoms with van der Waals surface area (Å²) in [6.07, 6.45) is -0.00573. The van der Waals surface area contributed by atoms with E-state index in [1.165, 1.54) is 0 Å². The average molecular weight is 491 g/mol. The molecule has 28 heavy (non-hydrogen) atoms. The number of pyridine rings is 1. The van der Waals surface area contributed by atoms with E-state index in [4.69, 9.17) is 4.74 Å². The number of imide groups is 1. The van der Waals surface area contributed by atoms with Crippen LogP contribution in [0.1, 0.15) is 43.3 Å². The number of hydrogen-bond donors (Lipinski definition) is 0. The van der Waals surface area contributed by atoms with Gasteiger partial charge in [0.15, 0.2) is 6.23 Å². The Morgan fingerprint density at radius 2 is 1.86 bits per heavy atom. The van der Waals surface area contributed by atoms with Gasteiger partial charge in [-0.05, 0) is 60.2 Å². The van der Waals surface area contributed by atoms with E-state index in [1.54, 1.807) is 29.2 Å². The first-order chi connectivity index (χ1) is 13.5.